The van der Waals surface area contributed by atoms with Crippen LogP contribution in [0.25, 0.3) is 0 Å². The van der Waals surface area contributed by atoms with E-state index in [-0.39, 0.29) is 22.0 Å². The normalized spacial score (nSPS) is 11.7. The molecule has 1 unspecified atom stereocenters. The maximum atomic E-state index is 6.34. The van der Waals surface area contributed by atoms with Crippen molar-refractivity contribution >= 4 is 34.5 Å². The number of benzene rings is 1. The maximum absolute atomic E-state index is 6.34. The van der Waals surface area contributed by atoms with Gasteiger partial charge in [-0.3, -0.25) is 0 Å². The highest BCUT2D eigenvalue weighted by Crippen LogP contribution is 2.40. The summed E-state index contributed by atoms with van der Waals surface area (Å²) in [5.41, 5.74) is 1.24. The minimum absolute atomic E-state index is 0. The van der Waals surface area contributed by atoms with Gasteiger partial charge in [-0.05, 0) is 42.0 Å². The first kappa shape index (κ1) is 18.9. The first-order valence-electron chi connectivity index (χ1n) is 6.27. The number of rotatable bonds is 4. The molecule has 1 atom stereocenters. The molecule has 1 rings (SSSR count). The Morgan fingerprint density at radius 1 is 1.16 bits per heavy atom. The summed E-state index contributed by atoms with van der Waals surface area (Å²) in [7, 11) is 2.61. The molecule has 0 radical (unpaired) electrons. The zero-order chi connectivity index (χ0) is 14.0. The lowest BCUT2D eigenvalue weighted by Gasteiger charge is -2.36. The van der Waals surface area contributed by atoms with Crippen molar-refractivity contribution in [3.63, 3.8) is 0 Å². The maximum Gasteiger partial charge on any atom is 0.250 e. The fraction of sp³-hybridized carbons (Fsp3) is 0.571. The van der Waals surface area contributed by atoms with E-state index in [1.807, 2.05) is 6.07 Å². The van der Waals surface area contributed by atoms with E-state index < -0.39 is 8.32 Å². The Hall–Kier alpha value is -0.0531. The predicted octanol–water partition coefficient (Wildman–Crippen LogP) is 5.03. The van der Waals surface area contributed by atoms with Crippen molar-refractivity contribution in [2.45, 2.75) is 45.1 Å². The summed E-state index contributed by atoms with van der Waals surface area (Å²) in [5.74, 6) is 1.70. The standard InChI is InChI=1S/C14H25O2PSi.BrH/c1-14(2,3)18(5,6)16-13-9-11(10-17)7-8-12(13)15-4;/h7-9H,10,17H2,1-6H3;1H. The largest absolute Gasteiger partial charge is 0.541 e. The summed E-state index contributed by atoms with van der Waals surface area (Å²) < 4.78 is 11.7. The molecule has 0 spiro atoms. The SMILES string of the molecule is Br.COc1ccc(CP)cc1O[Si](C)(C)C(C)(C)C. The molecular formula is C14H26BrO2PSi. The Balaban J connectivity index is 0.00000324. The van der Waals surface area contributed by atoms with Crippen molar-refractivity contribution in [1.29, 1.82) is 0 Å². The molecule has 1 aromatic carbocycles. The van der Waals surface area contributed by atoms with Crippen LogP contribution in [0.3, 0.4) is 0 Å². The summed E-state index contributed by atoms with van der Waals surface area (Å²) >= 11 is 0. The molecule has 0 amide bonds. The molecule has 0 heterocycles. The smallest absolute Gasteiger partial charge is 0.250 e. The van der Waals surface area contributed by atoms with Gasteiger partial charge in [0.1, 0.15) is 5.75 Å². The minimum Gasteiger partial charge on any atom is -0.541 e. The quantitative estimate of drug-likeness (QED) is 0.550. The van der Waals surface area contributed by atoms with Gasteiger partial charge in [0.05, 0.1) is 7.11 Å². The summed E-state index contributed by atoms with van der Waals surface area (Å²) in [6.07, 6.45) is 0.928. The second-order valence-electron chi connectivity index (χ2n) is 6.05. The van der Waals surface area contributed by atoms with Crippen LogP contribution in [-0.2, 0) is 6.16 Å². The molecule has 0 saturated heterocycles. The molecule has 0 aliphatic heterocycles. The van der Waals surface area contributed by atoms with Crippen LogP contribution in [0.4, 0.5) is 0 Å². The molecule has 19 heavy (non-hydrogen) atoms. The number of hydrogen-bond acceptors (Lipinski definition) is 2. The molecule has 5 heteroatoms. The number of hydrogen-bond donors (Lipinski definition) is 0. The molecule has 0 saturated carbocycles. The molecule has 1 aromatic rings. The van der Waals surface area contributed by atoms with Crippen molar-refractivity contribution in [1.82, 2.24) is 0 Å². The Morgan fingerprint density at radius 2 is 1.74 bits per heavy atom. The van der Waals surface area contributed by atoms with E-state index in [4.69, 9.17) is 9.16 Å². The molecule has 0 N–H and O–H groups in total. The van der Waals surface area contributed by atoms with Gasteiger partial charge in [0.2, 0.25) is 0 Å². The van der Waals surface area contributed by atoms with Crippen LogP contribution < -0.4 is 9.16 Å². The van der Waals surface area contributed by atoms with Gasteiger partial charge in [0.25, 0.3) is 8.32 Å². The third-order valence-electron chi connectivity index (χ3n) is 3.64. The lowest BCUT2D eigenvalue weighted by atomic mass is 10.2. The number of methoxy groups -OCH3 is 1. The Kier molecular flexibility index (Phi) is 7.08. The lowest BCUT2D eigenvalue weighted by molar-refractivity contribution is 0.385. The average molecular weight is 365 g/mol. The van der Waals surface area contributed by atoms with Gasteiger partial charge in [-0.15, -0.1) is 26.2 Å². The van der Waals surface area contributed by atoms with Gasteiger partial charge >= 0.3 is 0 Å². The van der Waals surface area contributed by atoms with Gasteiger partial charge in [0.15, 0.2) is 5.75 Å². The van der Waals surface area contributed by atoms with E-state index in [1.165, 1.54) is 5.56 Å². The fourth-order valence-corrected chi connectivity index (χ4v) is 2.63. The zero-order valence-electron chi connectivity index (χ0n) is 12.7. The van der Waals surface area contributed by atoms with Crippen molar-refractivity contribution in [2.24, 2.45) is 0 Å². The molecule has 0 fully saturated rings. The predicted molar refractivity (Wildman–Crippen MR) is 94.6 cm³/mol. The first-order valence-corrected chi connectivity index (χ1v) is 10.00. The van der Waals surface area contributed by atoms with Crippen molar-refractivity contribution in [2.75, 3.05) is 7.11 Å². The highest BCUT2D eigenvalue weighted by atomic mass is 79.9. The van der Waals surface area contributed by atoms with Crippen LogP contribution in [0.2, 0.25) is 18.1 Å². The first-order chi connectivity index (χ1) is 8.21. The van der Waals surface area contributed by atoms with Gasteiger partial charge < -0.3 is 9.16 Å². The van der Waals surface area contributed by atoms with Crippen molar-refractivity contribution in [3.05, 3.63) is 23.8 Å². The molecule has 2 nitrogen and oxygen atoms in total. The van der Waals surface area contributed by atoms with Crippen LogP contribution in [-0.4, -0.2) is 15.4 Å². The number of halogens is 1. The van der Waals surface area contributed by atoms with Gasteiger partial charge in [-0.25, -0.2) is 0 Å². The fourth-order valence-electron chi connectivity index (χ4n) is 1.36. The Morgan fingerprint density at radius 3 is 2.16 bits per heavy atom. The summed E-state index contributed by atoms with van der Waals surface area (Å²) in [6, 6.07) is 6.15. The topological polar surface area (TPSA) is 18.5 Å². The van der Waals surface area contributed by atoms with Crippen LogP contribution in [0, 0.1) is 0 Å². The summed E-state index contributed by atoms with van der Waals surface area (Å²) in [5, 5.41) is 0.189. The molecule has 0 aliphatic carbocycles. The highest BCUT2D eigenvalue weighted by Gasteiger charge is 2.39. The lowest BCUT2D eigenvalue weighted by Crippen LogP contribution is -2.43. The summed E-state index contributed by atoms with van der Waals surface area (Å²) in [4.78, 5) is 0. The van der Waals surface area contributed by atoms with Gasteiger partial charge in [0, 0.05) is 0 Å². The van der Waals surface area contributed by atoms with E-state index in [2.05, 4.69) is 55.2 Å². The van der Waals surface area contributed by atoms with E-state index in [0.29, 0.717) is 0 Å². The molecule has 0 aromatic heterocycles. The monoisotopic (exact) mass is 364 g/mol. The zero-order valence-corrected chi connectivity index (χ0v) is 16.6. The van der Waals surface area contributed by atoms with Crippen LogP contribution in [0.1, 0.15) is 26.3 Å². The highest BCUT2D eigenvalue weighted by molar-refractivity contribution is 8.93. The Bertz CT molecular complexity index is 416. The van der Waals surface area contributed by atoms with E-state index in [1.54, 1.807) is 7.11 Å². The minimum atomic E-state index is -1.82. The van der Waals surface area contributed by atoms with E-state index in [0.717, 1.165) is 17.7 Å². The second kappa shape index (κ2) is 7.10. The molecular weight excluding hydrogens is 339 g/mol. The summed E-state index contributed by atoms with van der Waals surface area (Å²) in [6.45, 7) is 11.2. The van der Waals surface area contributed by atoms with E-state index in [9.17, 15) is 0 Å². The third-order valence-corrected chi connectivity index (χ3v) is 8.45. The second-order valence-corrected chi connectivity index (χ2v) is 11.2. The van der Waals surface area contributed by atoms with Crippen molar-refractivity contribution < 1.29 is 9.16 Å². The van der Waals surface area contributed by atoms with Crippen molar-refractivity contribution in [3.8, 4) is 11.5 Å². The van der Waals surface area contributed by atoms with E-state index >= 15 is 0 Å². The van der Waals surface area contributed by atoms with Gasteiger partial charge in [-0.2, -0.15) is 0 Å². The molecule has 0 aliphatic rings. The van der Waals surface area contributed by atoms with Crippen LogP contribution in [0.15, 0.2) is 18.2 Å². The average Bonchev–Trinajstić information content (AvgIpc) is 2.26. The third kappa shape index (κ3) is 4.77. The van der Waals surface area contributed by atoms with Crippen LogP contribution in [0.5, 0.6) is 11.5 Å². The Labute approximate surface area is 131 Å². The van der Waals surface area contributed by atoms with Crippen LogP contribution >= 0.6 is 26.2 Å². The van der Waals surface area contributed by atoms with Gasteiger partial charge in [-0.1, -0.05) is 26.8 Å². The molecule has 0 bridgehead atoms. The molecule has 110 valence electrons. The number of ether oxygens (including phenoxy) is 1.